The van der Waals surface area contributed by atoms with Crippen LogP contribution < -0.4 is 5.32 Å². The van der Waals surface area contributed by atoms with E-state index in [1.165, 1.54) is 0 Å². The molecule has 4 rings (SSSR count). The second kappa shape index (κ2) is 6.61. The number of nitrogens with one attached hydrogen (secondary N) is 1. The summed E-state index contributed by atoms with van der Waals surface area (Å²) in [4.78, 5) is 17.8. The van der Waals surface area contributed by atoms with Gasteiger partial charge in [-0.2, -0.15) is 10.4 Å². The van der Waals surface area contributed by atoms with Crippen molar-refractivity contribution in [3.63, 3.8) is 0 Å². The molecule has 1 aliphatic rings. The fourth-order valence-corrected chi connectivity index (χ4v) is 3.87. The lowest BCUT2D eigenvalue weighted by molar-refractivity contribution is 0.0881. The fraction of sp³-hybridized carbons (Fsp3) is 0.273. The Hall–Kier alpha value is -3.46. The minimum absolute atomic E-state index is 0.0216. The molecule has 1 atom stereocenters. The number of aryl methyl sites for hydroxylation is 1. The maximum Gasteiger partial charge on any atom is 0.189 e. The van der Waals surface area contributed by atoms with E-state index in [0.29, 0.717) is 29.1 Å². The third-order valence-electron chi connectivity index (χ3n) is 5.24. The van der Waals surface area contributed by atoms with Crippen LogP contribution in [-0.4, -0.2) is 26.6 Å². The molecule has 0 radical (unpaired) electrons. The number of hydrogen-bond acceptors (Lipinski definition) is 5. The standard InChI is InChI=1S/C22H21N5O/c1-14-19-17(27(26-14)18-9-4-5-10-24-18)12-22(2,3)21(20(19)28)25-16-8-6-7-15(11-16)13-23/h4-11,21,25H,12H2,1-3H3. The first-order valence-electron chi connectivity index (χ1n) is 9.21. The number of benzene rings is 1. The van der Waals surface area contributed by atoms with Crippen molar-refractivity contribution in [1.82, 2.24) is 14.8 Å². The van der Waals surface area contributed by atoms with E-state index in [1.54, 1.807) is 23.0 Å². The second-order valence-electron chi connectivity index (χ2n) is 7.81. The van der Waals surface area contributed by atoms with Gasteiger partial charge in [-0.25, -0.2) is 9.67 Å². The molecule has 3 aromatic rings. The summed E-state index contributed by atoms with van der Waals surface area (Å²) >= 11 is 0. The minimum atomic E-state index is -0.408. The lowest BCUT2D eigenvalue weighted by Gasteiger charge is -2.38. The molecule has 0 spiro atoms. The van der Waals surface area contributed by atoms with E-state index < -0.39 is 6.04 Å². The number of fused-ring (bicyclic) bond motifs is 1. The molecule has 6 heteroatoms. The molecule has 1 aliphatic carbocycles. The number of aromatic nitrogens is 3. The van der Waals surface area contributed by atoms with E-state index >= 15 is 0 Å². The lowest BCUT2D eigenvalue weighted by atomic mass is 9.71. The summed E-state index contributed by atoms with van der Waals surface area (Å²) in [5.41, 5.74) is 3.26. The average molecular weight is 371 g/mol. The van der Waals surface area contributed by atoms with Gasteiger partial charge in [-0.15, -0.1) is 0 Å². The number of Topliss-reactive ketones (excluding diaryl/α,β-unsaturated/α-hetero) is 1. The van der Waals surface area contributed by atoms with Crippen molar-refractivity contribution >= 4 is 11.5 Å². The Balaban J connectivity index is 1.76. The molecule has 0 fully saturated rings. The molecular formula is C22H21N5O. The van der Waals surface area contributed by atoms with E-state index in [0.717, 1.165) is 11.4 Å². The molecule has 1 N–H and O–H groups in total. The van der Waals surface area contributed by atoms with Crippen molar-refractivity contribution in [2.45, 2.75) is 33.2 Å². The number of nitrogens with zero attached hydrogens (tertiary/aromatic N) is 4. The number of pyridine rings is 1. The summed E-state index contributed by atoms with van der Waals surface area (Å²) in [5.74, 6) is 0.733. The molecule has 1 aromatic carbocycles. The van der Waals surface area contributed by atoms with Crippen LogP contribution in [0.5, 0.6) is 0 Å². The highest BCUT2D eigenvalue weighted by Crippen LogP contribution is 2.38. The van der Waals surface area contributed by atoms with Gasteiger partial charge < -0.3 is 5.32 Å². The number of ketones is 1. The van der Waals surface area contributed by atoms with Crippen LogP contribution in [0.2, 0.25) is 0 Å². The van der Waals surface area contributed by atoms with Crippen LogP contribution in [-0.2, 0) is 6.42 Å². The molecule has 28 heavy (non-hydrogen) atoms. The Morgan fingerprint density at radius 1 is 1.25 bits per heavy atom. The predicted molar refractivity (Wildman–Crippen MR) is 106 cm³/mol. The molecule has 0 saturated heterocycles. The topological polar surface area (TPSA) is 83.6 Å². The van der Waals surface area contributed by atoms with Gasteiger partial charge in [-0.05, 0) is 49.1 Å². The third-order valence-corrected chi connectivity index (χ3v) is 5.24. The molecule has 0 amide bonds. The van der Waals surface area contributed by atoms with E-state index in [-0.39, 0.29) is 11.2 Å². The van der Waals surface area contributed by atoms with Crippen molar-refractivity contribution < 1.29 is 4.79 Å². The summed E-state index contributed by atoms with van der Waals surface area (Å²) < 4.78 is 1.79. The Labute approximate surface area is 163 Å². The highest BCUT2D eigenvalue weighted by atomic mass is 16.1. The average Bonchev–Trinajstić information content (AvgIpc) is 3.01. The second-order valence-corrected chi connectivity index (χ2v) is 7.81. The SMILES string of the molecule is Cc1nn(-c2ccccn2)c2c1C(=O)C(Nc1cccc(C#N)c1)C(C)(C)C2. The van der Waals surface area contributed by atoms with Crippen LogP contribution >= 0.6 is 0 Å². The third kappa shape index (κ3) is 2.95. The first-order chi connectivity index (χ1) is 13.4. The van der Waals surface area contributed by atoms with Crippen LogP contribution in [0.1, 0.15) is 41.2 Å². The summed E-state index contributed by atoms with van der Waals surface area (Å²) in [5, 5.41) is 17.1. The van der Waals surface area contributed by atoms with Crippen molar-refractivity contribution in [1.29, 1.82) is 5.26 Å². The molecule has 1 unspecified atom stereocenters. The highest BCUT2D eigenvalue weighted by molar-refractivity contribution is 6.05. The first-order valence-corrected chi connectivity index (χ1v) is 9.21. The van der Waals surface area contributed by atoms with Crippen LogP contribution in [0.15, 0.2) is 48.7 Å². The van der Waals surface area contributed by atoms with Crippen molar-refractivity contribution in [3.05, 3.63) is 71.2 Å². The van der Waals surface area contributed by atoms with E-state index in [9.17, 15) is 4.79 Å². The number of carbonyl (C=O) groups is 1. The van der Waals surface area contributed by atoms with Crippen molar-refractivity contribution in [3.8, 4) is 11.9 Å². The Bertz CT molecular complexity index is 1090. The monoisotopic (exact) mass is 371 g/mol. The van der Waals surface area contributed by atoms with Gasteiger partial charge in [-0.1, -0.05) is 26.0 Å². The summed E-state index contributed by atoms with van der Waals surface area (Å²) in [6, 6.07) is 14.6. The van der Waals surface area contributed by atoms with Gasteiger partial charge in [0, 0.05) is 11.9 Å². The Morgan fingerprint density at radius 2 is 2.07 bits per heavy atom. The molecule has 2 heterocycles. The summed E-state index contributed by atoms with van der Waals surface area (Å²) in [6.45, 7) is 6.01. The normalized spacial score (nSPS) is 17.6. The van der Waals surface area contributed by atoms with Gasteiger partial charge in [0.25, 0.3) is 0 Å². The van der Waals surface area contributed by atoms with Gasteiger partial charge in [0.15, 0.2) is 11.6 Å². The maximum absolute atomic E-state index is 13.5. The predicted octanol–water partition coefficient (Wildman–Crippen LogP) is 3.69. The maximum atomic E-state index is 13.5. The van der Waals surface area contributed by atoms with Gasteiger partial charge in [-0.3, -0.25) is 4.79 Å². The first kappa shape index (κ1) is 17.9. The van der Waals surface area contributed by atoms with Gasteiger partial charge in [0.05, 0.1) is 34.6 Å². The summed E-state index contributed by atoms with van der Waals surface area (Å²) in [6.07, 6.45) is 2.40. The quantitative estimate of drug-likeness (QED) is 0.759. The smallest absolute Gasteiger partial charge is 0.189 e. The molecule has 0 saturated carbocycles. The molecule has 0 bridgehead atoms. The number of rotatable bonds is 3. The van der Waals surface area contributed by atoms with Crippen LogP contribution in [0.3, 0.4) is 0 Å². The molecule has 140 valence electrons. The molecular weight excluding hydrogens is 350 g/mol. The Morgan fingerprint density at radius 3 is 2.79 bits per heavy atom. The number of nitriles is 1. The zero-order valence-electron chi connectivity index (χ0n) is 16.1. The zero-order valence-corrected chi connectivity index (χ0v) is 16.1. The number of carbonyl (C=O) groups excluding carboxylic acids is 1. The highest BCUT2D eigenvalue weighted by Gasteiger charge is 2.44. The van der Waals surface area contributed by atoms with Crippen LogP contribution in [0, 0.1) is 23.7 Å². The van der Waals surface area contributed by atoms with Gasteiger partial charge >= 0.3 is 0 Å². The molecule has 2 aromatic heterocycles. The van der Waals surface area contributed by atoms with E-state index in [4.69, 9.17) is 5.26 Å². The van der Waals surface area contributed by atoms with Gasteiger partial charge in [0.1, 0.15) is 0 Å². The molecule has 0 aliphatic heterocycles. The summed E-state index contributed by atoms with van der Waals surface area (Å²) in [7, 11) is 0. The fourth-order valence-electron chi connectivity index (χ4n) is 3.87. The Kier molecular flexibility index (Phi) is 4.23. The zero-order chi connectivity index (χ0) is 19.9. The van der Waals surface area contributed by atoms with Crippen molar-refractivity contribution in [2.75, 3.05) is 5.32 Å². The minimum Gasteiger partial charge on any atom is -0.374 e. The van der Waals surface area contributed by atoms with E-state index in [1.807, 2.05) is 37.3 Å². The van der Waals surface area contributed by atoms with Crippen LogP contribution in [0.25, 0.3) is 5.82 Å². The molecule has 6 nitrogen and oxygen atoms in total. The largest absolute Gasteiger partial charge is 0.374 e. The van der Waals surface area contributed by atoms with E-state index in [2.05, 4.69) is 35.3 Å². The van der Waals surface area contributed by atoms with Crippen LogP contribution in [0.4, 0.5) is 5.69 Å². The lowest BCUT2D eigenvalue weighted by Crippen LogP contribution is -2.48. The van der Waals surface area contributed by atoms with Crippen molar-refractivity contribution in [2.24, 2.45) is 5.41 Å². The number of hydrogen-bond donors (Lipinski definition) is 1. The van der Waals surface area contributed by atoms with Gasteiger partial charge in [0.2, 0.25) is 0 Å². The number of anilines is 1.